The molecule has 1 aromatic rings. The number of sulfonamides is 1. The van der Waals surface area contributed by atoms with Crippen molar-refractivity contribution in [3.63, 3.8) is 0 Å². The summed E-state index contributed by atoms with van der Waals surface area (Å²) in [5, 5.41) is 3.49. The Balaban J connectivity index is 2.83. The first kappa shape index (κ1) is 15.4. The topological polar surface area (TPSA) is 49.4 Å². The van der Waals surface area contributed by atoms with Crippen molar-refractivity contribution in [2.45, 2.75) is 13.0 Å². The highest BCUT2D eigenvalue weighted by molar-refractivity contribution is 7.89. The minimum Gasteiger partial charge on any atom is -0.319 e. The maximum absolute atomic E-state index is 12.0. The van der Waals surface area contributed by atoms with Crippen LogP contribution in [0.2, 0.25) is 5.02 Å². The van der Waals surface area contributed by atoms with E-state index in [1.54, 1.807) is 26.2 Å². The monoisotopic (exact) mass is 290 g/mol. The van der Waals surface area contributed by atoms with Crippen molar-refractivity contribution in [2.75, 3.05) is 26.4 Å². The van der Waals surface area contributed by atoms with Gasteiger partial charge in [0.25, 0.3) is 0 Å². The van der Waals surface area contributed by atoms with Gasteiger partial charge in [0, 0.05) is 24.7 Å². The zero-order chi connectivity index (χ0) is 13.8. The Morgan fingerprint density at radius 2 is 1.89 bits per heavy atom. The molecule has 0 aromatic heterocycles. The van der Waals surface area contributed by atoms with E-state index in [1.165, 1.54) is 4.31 Å². The summed E-state index contributed by atoms with van der Waals surface area (Å²) < 4.78 is 25.5. The second-order valence-electron chi connectivity index (χ2n) is 4.16. The molecule has 0 saturated carbocycles. The molecule has 0 bridgehead atoms. The quantitative estimate of drug-likeness (QED) is 0.870. The number of nitrogens with zero attached hydrogens (tertiary/aromatic N) is 1. The number of rotatable bonds is 6. The first-order valence-corrected chi connectivity index (χ1v) is 7.73. The Kier molecular flexibility index (Phi) is 5.59. The third kappa shape index (κ3) is 3.95. The van der Waals surface area contributed by atoms with Crippen LogP contribution in [-0.2, 0) is 10.0 Å². The smallest absolute Gasteiger partial charge is 0.215 e. The van der Waals surface area contributed by atoms with Crippen molar-refractivity contribution >= 4 is 21.6 Å². The lowest BCUT2D eigenvalue weighted by molar-refractivity contribution is 0.398. The summed E-state index contributed by atoms with van der Waals surface area (Å²) in [6.07, 6.45) is 0. The third-order valence-corrected chi connectivity index (χ3v) is 5.11. The van der Waals surface area contributed by atoms with Crippen LogP contribution in [0.3, 0.4) is 0 Å². The molecule has 18 heavy (non-hydrogen) atoms. The molecule has 102 valence electrons. The molecule has 1 N–H and O–H groups in total. The standard InChI is InChI=1S/C12H19ClN2O2S/c1-10(11-4-6-12(13)7-5-11)15(3)18(16,17)9-8-14-2/h4-7,10,14H,8-9H2,1-3H3. The van der Waals surface area contributed by atoms with Gasteiger partial charge in [-0.25, -0.2) is 8.42 Å². The van der Waals surface area contributed by atoms with Crippen LogP contribution in [-0.4, -0.2) is 39.1 Å². The lowest BCUT2D eigenvalue weighted by Gasteiger charge is -2.24. The van der Waals surface area contributed by atoms with Crippen LogP contribution in [0.25, 0.3) is 0 Å². The molecule has 6 heteroatoms. The average molecular weight is 291 g/mol. The van der Waals surface area contributed by atoms with Gasteiger partial charge in [0.15, 0.2) is 0 Å². The Morgan fingerprint density at radius 3 is 2.39 bits per heavy atom. The highest BCUT2D eigenvalue weighted by atomic mass is 35.5. The number of benzene rings is 1. The van der Waals surface area contributed by atoms with Crippen LogP contribution < -0.4 is 5.32 Å². The van der Waals surface area contributed by atoms with Crippen LogP contribution in [0.5, 0.6) is 0 Å². The minimum atomic E-state index is -3.24. The number of hydrogen-bond acceptors (Lipinski definition) is 3. The molecule has 0 fully saturated rings. The van der Waals surface area contributed by atoms with Crippen molar-refractivity contribution in [2.24, 2.45) is 0 Å². The molecule has 0 amide bonds. The summed E-state index contributed by atoms with van der Waals surface area (Å²) in [5.41, 5.74) is 0.926. The highest BCUT2D eigenvalue weighted by Crippen LogP contribution is 2.23. The van der Waals surface area contributed by atoms with Gasteiger partial charge in [0.05, 0.1) is 5.75 Å². The Morgan fingerprint density at radius 1 is 1.33 bits per heavy atom. The van der Waals surface area contributed by atoms with Crippen molar-refractivity contribution in [3.05, 3.63) is 34.9 Å². The largest absolute Gasteiger partial charge is 0.319 e. The highest BCUT2D eigenvalue weighted by Gasteiger charge is 2.23. The predicted octanol–water partition coefficient (Wildman–Crippen LogP) is 1.88. The molecule has 0 spiro atoms. The van der Waals surface area contributed by atoms with E-state index in [2.05, 4.69) is 5.32 Å². The van der Waals surface area contributed by atoms with Gasteiger partial charge in [0.2, 0.25) is 10.0 Å². The molecule has 0 aliphatic rings. The van der Waals surface area contributed by atoms with Crippen LogP contribution in [0.15, 0.2) is 24.3 Å². The molecule has 4 nitrogen and oxygen atoms in total. The number of nitrogens with one attached hydrogen (secondary N) is 1. The van der Waals surface area contributed by atoms with Gasteiger partial charge in [-0.1, -0.05) is 23.7 Å². The van der Waals surface area contributed by atoms with Crippen LogP contribution in [0.4, 0.5) is 0 Å². The summed E-state index contributed by atoms with van der Waals surface area (Å²) in [5.74, 6) is 0.0952. The normalized spacial score (nSPS) is 13.8. The molecule has 0 saturated heterocycles. The van der Waals surface area contributed by atoms with Gasteiger partial charge in [-0.3, -0.25) is 0 Å². The summed E-state index contributed by atoms with van der Waals surface area (Å²) in [6.45, 7) is 2.31. The van der Waals surface area contributed by atoms with Gasteiger partial charge < -0.3 is 5.32 Å². The van der Waals surface area contributed by atoms with E-state index >= 15 is 0 Å². The van der Waals surface area contributed by atoms with Crippen molar-refractivity contribution in [1.29, 1.82) is 0 Å². The molecule has 0 aliphatic carbocycles. The first-order chi connectivity index (χ1) is 8.38. The van der Waals surface area contributed by atoms with Crippen molar-refractivity contribution in [3.8, 4) is 0 Å². The zero-order valence-corrected chi connectivity index (χ0v) is 12.4. The molecule has 0 heterocycles. The maximum atomic E-state index is 12.0. The summed E-state index contributed by atoms with van der Waals surface area (Å²) in [4.78, 5) is 0. The van der Waals surface area contributed by atoms with E-state index in [0.29, 0.717) is 11.6 Å². The Hall–Kier alpha value is -0.620. The van der Waals surface area contributed by atoms with Crippen LogP contribution >= 0.6 is 11.6 Å². The van der Waals surface area contributed by atoms with Crippen molar-refractivity contribution in [1.82, 2.24) is 9.62 Å². The van der Waals surface area contributed by atoms with Gasteiger partial charge in [0.1, 0.15) is 0 Å². The molecule has 0 aliphatic heterocycles. The second kappa shape index (κ2) is 6.52. The van der Waals surface area contributed by atoms with E-state index < -0.39 is 10.0 Å². The second-order valence-corrected chi connectivity index (χ2v) is 6.75. The molecule has 1 unspecified atom stereocenters. The summed E-state index contributed by atoms with van der Waals surface area (Å²) in [6, 6.07) is 7.01. The molecular weight excluding hydrogens is 272 g/mol. The fourth-order valence-corrected chi connectivity index (χ4v) is 3.05. The van der Waals surface area contributed by atoms with Crippen LogP contribution in [0.1, 0.15) is 18.5 Å². The Labute approximate surface area is 114 Å². The van der Waals surface area contributed by atoms with E-state index in [-0.39, 0.29) is 11.8 Å². The van der Waals surface area contributed by atoms with Gasteiger partial charge in [-0.2, -0.15) is 4.31 Å². The van der Waals surface area contributed by atoms with Gasteiger partial charge in [-0.15, -0.1) is 0 Å². The van der Waals surface area contributed by atoms with Crippen molar-refractivity contribution < 1.29 is 8.42 Å². The number of hydrogen-bond donors (Lipinski definition) is 1. The summed E-state index contributed by atoms with van der Waals surface area (Å²) >= 11 is 5.81. The molecule has 1 atom stereocenters. The fraction of sp³-hybridized carbons (Fsp3) is 0.500. The third-order valence-electron chi connectivity index (χ3n) is 2.95. The predicted molar refractivity (Wildman–Crippen MR) is 75.3 cm³/mol. The van der Waals surface area contributed by atoms with E-state index in [1.807, 2.05) is 19.1 Å². The SMILES string of the molecule is CNCCS(=O)(=O)N(C)C(C)c1ccc(Cl)cc1. The van der Waals surface area contributed by atoms with E-state index in [4.69, 9.17) is 11.6 Å². The number of halogens is 1. The molecular formula is C12H19ClN2O2S. The van der Waals surface area contributed by atoms with Gasteiger partial charge in [-0.05, 0) is 31.7 Å². The lowest BCUT2D eigenvalue weighted by Crippen LogP contribution is -2.34. The first-order valence-electron chi connectivity index (χ1n) is 5.74. The lowest BCUT2D eigenvalue weighted by atomic mass is 10.1. The average Bonchev–Trinajstić information content (AvgIpc) is 2.35. The summed E-state index contributed by atoms with van der Waals surface area (Å²) in [7, 11) is 0.0936. The Bertz CT molecular complexity index is 473. The molecule has 0 radical (unpaired) electrons. The maximum Gasteiger partial charge on any atom is 0.215 e. The van der Waals surface area contributed by atoms with E-state index in [0.717, 1.165) is 5.56 Å². The van der Waals surface area contributed by atoms with Gasteiger partial charge >= 0.3 is 0 Å². The zero-order valence-electron chi connectivity index (χ0n) is 10.9. The minimum absolute atomic E-state index is 0.0952. The van der Waals surface area contributed by atoms with Crippen LogP contribution in [0, 0.1) is 0 Å². The molecule has 1 aromatic carbocycles. The molecule has 1 rings (SSSR count). The van der Waals surface area contributed by atoms with E-state index in [9.17, 15) is 8.42 Å². The fourth-order valence-electron chi connectivity index (χ4n) is 1.57.